The van der Waals surface area contributed by atoms with Gasteiger partial charge in [0.05, 0.1) is 10.6 Å². The summed E-state index contributed by atoms with van der Waals surface area (Å²) in [5.74, 6) is 0.960. The van der Waals surface area contributed by atoms with Gasteiger partial charge >= 0.3 is 0 Å². The molecule has 5 nitrogen and oxygen atoms in total. The molecule has 0 spiro atoms. The van der Waals surface area contributed by atoms with Gasteiger partial charge in [-0.3, -0.25) is 9.10 Å². The Labute approximate surface area is 183 Å². The van der Waals surface area contributed by atoms with Gasteiger partial charge in [-0.2, -0.15) is 0 Å². The number of carbonyl (C=O) groups excluding carboxylic acids is 1. The molecule has 2 bridgehead atoms. The average Bonchev–Trinajstić information content (AvgIpc) is 3.30. The van der Waals surface area contributed by atoms with E-state index in [1.54, 1.807) is 49.4 Å². The van der Waals surface area contributed by atoms with Gasteiger partial charge in [-0.1, -0.05) is 35.7 Å². The van der Waals surface area contributed by atoms with Crippen molar-refractivity contribution in [2.45, 2.75) is 50.5 Å². The number of nitrogens with one attached hydrogen (secondary N) is 1. The van der Waals surface area contributed by atoms with Crippen LogP contribution in [-0.2, 0) is 14.8 Å². The van der Waals surface area contributed by atoms with Gasteiger partial charge in [0, 0.05) is 11.1 Å². The number of rotatable bonds is 6. The quantitative estimate of drug-likeness (QED) is 0.712. The lowest BCUT2D eigenvalue weighted by molar-refractivity contribution is -0.120. The molecule has 3 atom stereocenters. The third kappa shape index (κ3) is 4.21. The third-order valence-corrected chi connectivity index (χ3v) is 8.42. The minimum absolute atomic E-state index is 0.159. The first kappa shape index (κ1) is 21.2. The number of carbonyl (C=O) groups is 1. The van der Waals surface area contributed by atoms with Gasteiger partial charge in [-0.25, -0.2) is 8.42 Å². The highest BCUT2D eigenvalue weighted by Crippen LogP contribution is 2.44. The van der Waals surface area contributed by atoms with Crippen molar-refractivity contribution < 1.29 is 13.2 Å². The molecule has 2 aromatic rings. The van der Waals surface area contributed by atoms with E-state index in [1.165, 1.54) is 17.1 Å². The maximum atomic E-state index is 13.5. The predicted molar refractivity (Wildman–Crippen MR) is 119 cm³/mol. The minimum Gasteiger partial charge on any atom is -0.352 e. The van der Waals surface area contributed by atoms with Gasteiger partial charge in [-0.15, -0.1) is 0 Å². The van der Waals surface area contributed by atoms with E-state index in [1.807, 2.05) is 6.92 Å². The third-order valence-electron chi connectivity index (χ3n) is 6.41. The molecule has 3 unspecified atom stereocenters. The zero-order valence-electron chi connectivity index (χ0n) is 17.3. The number of nitrogens with zero attached hydrogens (tertiary/aromatic N) is 1. The first-order chi connectivity index (χ1) is 14.2. The Balaban J connectivity index is 1.63. The van der Waals surface area contributed by atoms with Crippen LogP contribution in [0.3, 0.4) is 0 Å². The Hall–Kier alpha value is -2.05. The van der Waals surface area contributed by atoms with Crippen LogP contribution in [0.4, 0.5) is 5.69 Å². The van der Waals surface area contributed by atoms with E-state index >= 15 is 0 Å². The summed E-state index contributed by atoms with van der Waals surface area (Å²) in [6.45, 7) is 3.44. The molecular weight excluding hydrogens is 420 g/mol. The Kier molecular flexibility index (Phi) is 5.82. The number of hydrogen-bond donors (Lipinski definition) is 1. The predicted octanol–water partition coefficient (Wildman–Crippen LogP) is 4.46. The lowest BCUT2D eigenvalue weighted by Crippen LogP contribution is -2.46. The van der Waals surface area contributed by atoms with E-state index < -0.39 is 10.0 Å². The van der Waals surface area contributed by atoms with Gasteiger partial charge in [0.2, 0.25) is 5.91 Å². The summed E-state index contributed by atoms with van der Waals surface area (Å²) in [5, 5.41) is 3.63. The van der Waals surface area contributed by atoms with Crippen molar-refractivity contribution >= 4 is 33.2 Å². The number of fused-ring (bicyclic) bond motifs is 2. The van der Waals surface area contributed by atoms with Crippen molar-refractivity contribution in [2.24, 2.45) is 11.8 Å². The molecule has 0 radical (unpaired) electrons. The summed E-state index contributed by atoms with van der Waals surface area (Å²) in [6.07, 6.45) is 4.57. The molecule has 7 heteroatoms. The van der Waals surface area contributed by atoms with Crippen LogP contribution < -0.4 is 9.62 Å². The van der Waals surface area contributed by atoms with E-state index in [-0.39, 0.29) is 23.4 Å². The highest BCUT2D eigenvalue weighted by molar-refractivity contribution is 7.92. The first-order valence-electron chi connectivity index (χ1n) is 10.4. The van der Waals surface area contributed by atoms with Crippen molar-refractivity contribution in [3.8, 4) is 0 Å². The number of halogens is 1. The fourth-order valence-corrected chi connectivity index (χ4v) is 6.55. The number of aryl methyl sites for hydroxylation is 2. The zero-order chi connectivity index (χ0) is 21.5. The van der Waals surface area contributed by atoms with Crippen LogP contribution in [-0.4, -0.2) is 26.9 Å². The van der Waals surface area contributed by atoms with Gasteiger partial charge in [0.15, 0.2) is 0 Å². The topological polar surface area (TPSA) is 66.5 Å². The normalized spacial score (nSPS) is 22.8. The summed E-state index contributed by atoms with van der Waals surface area (Å²) in [4.78, 5) is 13.1. The molecule has 160 valence electrons. The van der Waals surface area contributed by atoms with Crippen molar-refractivity contribution in [3.63, 3.8) is 0 Å². The first-order valence-corrected chi connectivity index (χ1v) is 12.2. The van der Waals surface area contributed by atoms with Crippen LogP contribution in [0.5, 0.6) is 0 Å². The molecule has 1 N–H and O–H groups in total. The SMILES string of the molecule is Cc1ccc(S(=O)(=O)N(CC(=O)NC2CC3CCC2C3)c2ccc(Cl)cc2C)cc1. The number of anilines is 1. The molecule has 0 aromatic heterocycles. The second-order valence-corrected chi connectivity index (χ2v) is 10.9. The number of benzene rings is 2. The Morgan fingerprint density at radius 3 is 2.43 bits per heavy atom. The van der Waals surface area contributed by atoms with Crippen molar-refractivity contribution in [1.82, 2.24) is 5.32 Å². The molecular formula is C23H27ClN2O3S. The van der Waals surface area contributed by atoms with Gasteiger partial charge in [0.25, 0.3) is 10.0 Å². The molecule has 2 saturated carbocycles. The van der Waals surface area contributed by atoms with E-state index in [0.717, 1.165) is 18.4 Å². The lowest BCUT2D eigenvalue weighted by Gasteiger charge is -2.28. The molecule has 0 aliphatic heterocycles. The van der Waals surface area contributed by atoms with Gasteiger partial charge in [0.1, 0.15) is 6.54 Å². The zero-order valence-corrected chi connectivity index (χ0v) is 18.8. The minimum atomic E-state index is -3.92. The van der Waals surface area contributed by atoms with Crippen LogP contribution >= 0.6 is 11.6 Å². The van der Waals surface area contributed by atoms with Crippen LogP contribution in [0.2, 0.25) is 5.02 Å². The number of sulfonamides is 1. The van der Waals surface area contributed by atoms with E-state index in [4.69, 9.17) is 11.6 Å². The van der Waals surface area contributed by atoms with Crippen molar-refractivity contribution in [3.05, 3.63) is 58.6 Å². The van der Waals surface area contributed by atoms with E-state index in [9.17, 15) is 13.2 Å². The lowest BCUT2D eigenvalue weighted by atomic mass is 9.95. The molecule has 0 heterocycles. The van der Waals surface area contributed by atoms with E-state index in [2.05, 4.69) is 5.32 Å². The number of amides is 1. The Morgan fingerprint density at radius 1 is 1.10 bits per heavy atom. The van der Waals surface area contributed by atoms with Crippen LogP contribution in [0.1, 0.15) is 36.8 Å². The monoisotopic (exact) mass is 446 g/mol. The maximum absolute atomic E-state index is 13.5. The van der Waals surface area contributed by atoms with Crippen LogP contribution in [0.25, 0.3) is 0 Å². The van der Waals surface area contributed by atoms with E-state index in [0.29, 0.717) is 28.1 Å². The molecule has 1 amide bonds. The largest absolute Gasteiger partial charge is 0.352 e. The summed E-state index contributed by atoms with van der Waals surface area (Å²) in [7, 11) is -3.92. The molecule has 4 rings (SSSR count). The molecule has 2 aliphatic carbocycles. The Bertz CT molecular complexity index is 1050. The smallest absolute Gasteiger partial charge is 0.264 e. The second kappa shape index (κ2) is 8.23. The molecule has 0 saturated heterocycles. The van der Waals surface area contributed by atoms with Crippen molar-refractivity contribution in [1.29, 1.82) is 0 Å². The average molecular weight is 447 g/mol. The summed E-state index contributed by atoms with van der Waals surface area (Å²) in [5.41, 5.74) is 2.13. The van der Waals surface area contributed by atoms with Crippen LogP contribution in [0.15, 0.2) is 47.4 Å². The summed E-state index contributed by atoms with van der Waals surface area (Å²) in [6, 6.07) is 11.9. The summed E-state index contributed by atoms with van der Waals surface area (Å²) >= 11 is 6.08. The fraction of sp³-hybridized carbons (Fsp3) is 0.435. The standard InChI is InChI=1S/C23H27ClN2O3S/c1-15-3-8-20(9-4-15)30(28,29)26(22-10-7-19(24)11-16(22)2)14-23(27)25-21-13-17-5-6-18(21)12-17/h3-4,7-11,17-18,21H,5-6,12-14H2,1-2H3,(H,25,27). The second-order valence-electron chi connectivity index (χ2n) is 8.60. The highest BCUT2D eigenvalue weighted by atomic mass is 35.5. The molecule has 30 heavy (non-hydrogen) atoms. The Morgan fingerprint density at radius 2 is 1.83 bits per heavy atom. The maximum Gasteiger partial charge on any atom is 0.264 e. The molecule has 2 aliphatic rings. The van der Waals surface area contributed by atoms with Crippen LogP contribution in [0, 0.1) is 25.7 Å². The fourth-order valence-electron chi connectivity index (χ4n) is 4.84. The highest BCUT2D eigenvalue weighted by Gasteiger charge is 2.40. The summed E-state index contributed by atoms with van der Waals surface area (Å²) < 4.78 is 28.2. The molecule has 2 fully saturated rings. The van der Waals surface area contributed by atoms with Crippen molar-refractivity contribution in [2.75, 3.05) is 10.8 Å². The number of hydrogen-bond acceptors (Lipinski definition) is 3. The molecule has 2 aromatic carbocycles. The van der Waals surface area contributed by atoms with Gasteiger partial charge < -0.3 is 5.32 Å². The van der Waals surface area contributed by atoms with Gasteiger partial charge in [-0.05, 0) is 80.8 Å².